The van der Waals surface area contributed by atoms with Crippen LogP contribution in [0.15, 0.2) is 24.3 Å². The molecular formula is C15H24N2. The van der Waals surface area contributed by atoms with E-state index in [9.17, 15) is 0 Å². The lowest BCUT2D eigenvalue weighted by Crippen LogP contribution is -2.42. The summed E-state index contributed by atoms with van der Waals surface area (Å²) in [6.45, 7) is 10.3. The van der Waals surface area contributed by atoms with Crippen LogP contribution in [0.5, 0.6) is 0 Å². The standard InChI is InChI=1S/C15H24N2/c1-13(2)10-14-4-3-5-15(11-14)12-17-8-6-16-7-9-17/h3-5,11,13,16H,6-10,12H2,1-2H3. The van der Waals surface area contributed by atoms with Gasteiger partial charge in [-0.3, -0.25) is 4.90 Å². The van der Waals surface area contributed by atoms with Gasteiger partial charge in [-0.15, -0.1) is 0 Å². The molecule has 0 atom stereocenters. The Morgan fingerprint density at radius 3 is 2.59 bits per heavy atom. The zero-order valence-corrected chi connectivity index (χ0v) is 11.1. The van der Waals surface area contributed by atoms with Crippen LogP contribution in [-0.4, -0.2) is 31.1 Å². The number of nitrogens with zero attached hydrogens (tertiary/aromatic N) is 1. The third-order valence-corrected chi connectivity index (χ3v) is 3.25. The first-order valence-corrected chi connectivity index (χ1v) is 6.75. The Morgan fingerprint density at radius 2 is 1.88 bits per heavy atom. The van der Waals surface area contributed by atoms with Crippen LogP contribution in [0.2, 0.25) is 0 Å². The first kappa shape index (κ1) is 12.6. The maximum absolute atomic E-state index is 3.40. The van der Waals surface area contributed by atoms with Crippen molar-refractivity contribution in [3.8, 4) is 0 Å². The molecule has 0 unspecified atom stereocenters. The van der Waals surface area contributed by atoms with Gasteiger partial charge in [-0.25, -0.2) is 0 Å². The van der Waals surface area contributed by atoms with Crippen LogP contribution in [0.25, 0.3) is 0 Å². The second-order valence-corrected chi connectivity index (χ2v) is 5.44. The van der Waals surface area contributed by atoms with Crippen molar-refractivity contribution in [3.05, 3.63) is 35.4 Å². The van der Waals surface area contributed by atoms with Gasteiger partial charge in [-0.2, -0.15) is 0 Å². The highest BCUT2D eigenvalue weighted by atomic mass is 15.2. The van der Waals surface area contributed by atoms with Gasteiger partial charge in [0.1, 0.15) is 0 Å². The van der Waals surface area contributed by atoms with E-state index in [4.69, 9.17) is 0 Å². The lowest BCUT2D eigenvalue weighted by Gasteiger charge is -2.27. The molecule has 0 saturated carbocycles. The normalized spacial score (nSPS) is 17.6. The van der Waals surface area contributed by atoms with Crippen molar-refractivity contribution < 1.29 is 0 Å². The van der Waals surface area contributed by atoms with E-state index in [-0.39, 0.29) is 0 Å². The summed E-state index contributed by atoms with van der Waals surface area (Å²) >= 11 is 0. The van der Waals surface area contributed by atoms with E-state index in [2.05, 4.69) is 48.3 Å². The average molecular weight is 232 g/mol. The van der Waals surface area contributed by atoms with Crippen molar-refractivity contribution in [3.63, 3.8) is 0 Å². The summed E-state index contributed by atoms with van der Waals surface area (Å²) < 4.78 is 0. The summed E-state index contributed by atoms with van der Waals surface area (Å²) in [7, 11) is 0. The zero-order valence-electron chi connectivity index (χ0n) is 11.1. The first-order chi connectivity index (χ1) is 8.24. The van der Waals surface area contributed by atoms with E-state index < -0.39 is 0 Å². The maximum Gasteiger partial charge on any atom is 0.0234 e. The topological polar surface area (TPSA) is 15.3 Å². The quantitative estimate of drug-likeness (QED) is 0.857. The number of rotatable bonds is 4. The number of hydrogen-bond acceptors (Lipinski definition) is 2. The van der Waals surface area contributed by atoms with Crippen molar-refractivity contribution in [1.82, 2.24) is 10.2 Å². The van der Waals surface area contributed by atoms with Crippen LogP contribution < -0.4 is 5.32 Å². The summed E-state index contributed by atoms with van der Waals surface area (Å²) in [6, 6.07) is 9.09. The Labute approximate surface area is 105 Å². The number of hydrogen-bond donors (Lipinski definition) is 1. The molecule has 1 aliphatic heterocycles. The van der Waals surface area contributed by atoms with Gasteiger partial charge < -0.3 is 5.32 Å². The predicted molar refractivity (Wildman–Crippen MR) is 73.1 cm³/mol. The van der Waals surface area contributed by atoms with E-state index in [0.717, 1.165) is 25.6 Å². The van der Waals surface area contributed by atoms with Crippen LogP contribution in [-0.2, 0) is 13.0 Å². The van der Waals surface area contributed by atoms with E-state index in [1.165, 1.54) is 30.6 Å². The maximum atomic E-state index is 3.40. The molecule has 94 valence electrons. The minimum absolute atomic E-state index is 0.740. The van der Waals surface area contributed by atoms with Crippen LogP contribution in [0, 0.1) is 5.92 Å². The second kappa shape index (κ2) is 6.18. The Hall–Kier alpha value is -0.860. The van der Waals surface area contributed by atoms with Gasteiger partial charge in [-0.1, -0.05) is 38.1 Å². The number of benzene rings is 1. The van der Waals surface area contributed by atoms with Crippen molar-refractivity contribution >= 4 is 0 Å². The molecule has 17 heavy (non-hydrogen) atoms. The highest BCUT2D eigenvalue weighted by molar-refractivity contribution is 5.23. The molecular weight excluding hydrogens is 208 g/mol. The Balaban J connectivity index is 1.95. The molecule has 0 bridgehead atoms. The Kier molecular flexibility index (Phi) is 4.57. The lowest BCUT2D eigenvalue weighted by atomic mass is 10.0. The molecule has 1 aliphatic rings. The molecule has 1 aromatic rings. The van der Waals surface area contributed by atoms with Crippen LogP contribution in [0.4, 0.5) is 0 Å². The Morgan fingerprint density at radius 1 is 1.18 bits per heavy atom. The molecule has 2 heteroatoms. The zero-order chi connectivity index (χ0) is 12.1. The van der Waals surface area contributed by atoms with Gasteiger partial charge in [0.25, 0.3) is 0 Å². The van der Waals surface area contributed by atoms with Gasteiger partial charge in [0.15, 0.2) is 0 Å². The van der Waals surface area contributed by atoms with Crippen LogP contribution >= 0.6 is 0 Å². The summed E-state index contributed by atoms with van der Waals surface area (Å²) in [5.74, 6) is 0.740. The van der Waals surface area contributed by atoms with E-state index in [1.54, 1.807) is 0 Å². The third-order valence-electron chi connectivity index (χ3n) is 3.25. The molecule has 1 fully saturated rings. The van der Waals surface area contributed by atoms with Crippen LogP contribution in [0.3, 0.4) is 0 Å². The molecule has 0 aliphatic carbocycles. The molecule has 1 aromatic carbocycles. The first-order valence-electron chi connectivity index (χ1n) is 6.75. The minimum Gasteiger partial charge on any atom is -0.314 e. The third kappa shape index (κ3) is 4.14. The molecule has 1 saturated heterocycles. The highest BCUT2D eigenvalue weighted by Crippen LogP contribution is 2.12. The molecule has 1 N–H and O–H groups in total. The average Bonchev–Trinajstić information content (AvgIpc) is 2.30. The molecule has 2 rings (SSSR count). The fourth-order valence-electron chi connectivity index (χ4n) is 2.45. The minimum atomic E-state index is 0.740. The number of nitrogens with one attached hydrogen (secondary N) is 1. The predicted octanol–water partition coefficient (Wildman–Crippen LogP) is 2.29. The summed E-state index contributed by atoms with van der Waals surface area (Å²) in [5, 5.41) is 3.40. The molecule has 0 aromatic heterocycles. The monoisotopic (exact) mass is 232 g/mol. The van der Waals surface area contributed by atoms with E-state index in [0.29, 0.717) is 0 Å². The molecule has 0 spiro atoms. The van der Waals surface area contributed by atoms with Crippen molar-refractivity contribution in [1.29, 1.82) is 0 Å². The number of piperazine rings is 1. The van der Waals surface area contributed by atoms with Gasteiger partial charge in [0.05, 0.1) is 0 Å². The van der Waals surface area contributed by atoms with E-state index >= 15 is 0 Å². The SMILES string of the molecule is CC(C)Cc1cccc(CN2CCNCC2)c1. The largest absolute Gasteiger partial charge is 0.314 e. The molecule has 2 nitrogen and oxygen atoms in total. The Bertz CT molecular complexity index is 341. The lowest BCUT2D eigenvalue weighted by molar-refractivity contribution is 0.233. The second-order valence-electron chi connectivity index (χ2n) is 5.44. The fourth-order valence-corrected chi connectivity index (χ4v) is 2.45. The van der Waals surface area contributed by atoms with Crippen LogP contribution in [0.1, 0.15) is 25.0 Å². The molecule has 0 amide bonds. The summed E-state index contributed by atoms with van der Waals surface area (Å²) in [6.07, 6.45) is 1.19. The summed E-state index contributed by atoms with van der Waals surface area (Å²) in [5.41, 5.74) is 2.94. The van der Waals surface area contributed by atoms with Crippen molar-refractivity contribution in [2.75, 3.05) is 26.2 Å². The van der Waals surface area contributed by atoms with Gasteiger partial charge >= 0.3 is 0 Å². The smallest absolute Gasteiger partial charge is 0.0234 e. The van der Waals surface area contributed by atoms with Gasteiger partial charge in [0.2, 0.25) is 0 Å². The molecule has 1 heterocycles. The van der Waals surface area contributed by atoms with Crippen molar-refractivity contribution in [2.45, 2.75) is 26.8 Å². The van der Waals surface area contributed by atoms with E-state index in [1.807, 2.05) is 0 Å². The summed E-state index contributed by atoms with van der Waals surface area (Å²) in [4.78, 5) is 2.53. The van der Waals surface area contributed by atoms with Gasteiger partial charge in [0, 0.05) is 32.7 Å². The fraction of sp³-hybridized carbons (Fsp3) is 0.600. The van der Waals surface area contributed by atoms with Crippen molar-refractivity contribution in [2.24, 2.45) is 5.92 Å². The van der Waals surface area contributed by atoms with Gasteiger partial charge in [-0.05, 0) is 23.5 Å². The highest BCUT2D eigenvalue weighted by Gasteiger charge is 2.09. The molecule has 0 radical (unpaired) electrons.